The summed E-state index contributed by atoms with van der Waals surface area (Å²) in [7, 11) is -0.715. The van der Waals surface area contributed by atoms with Gasteiger partial charge in [0.15, 0.2) is 6.54 Å². The lowest BCUT2D eigenvalue weighted by atomic mass is 10.1. The summed E-state index contributed by atoms with van der Waals surface area (Å²) in [6, 6.07) is 0. The molecule has 0 saturated heterocycles. The minimum Gasteiger partial charge on any atom is -0.545 e. The van der Waals surface area contributed by atoms with Gasteiger partial charge in [0.1, 0.15) is 13.2 Å². The van der Waals surface area contributed by atoms with Gasteiger partial charge in [0, 0.05) is 6.08 Å². The largest absolute Gasteiger partial charge is 0.545 e. The lowest BCUT2D eigenvalue weighted by molar-refractivity contribution is -0.882. The van der Waals surface area contributed by atoms with E-state index in [0.29, 0.717) is 19.0 Å². The van der Waals surface area contributed by atoms with Gasteiger partial charge in [-0.3, -0.25) is 9.35 Å². The summed E-state index contributed by atoms with van der Waals surface area (Å²) in [6.07, 6.45) is 13.2. The predicted molar refractivity (Wildman–Crippen MR) is 125 cm³/mol. The van der Waals surface area contributed by atoms with Crippen LogP contribution in [0, 0.1) is 0 Å². The van der Waals surface area contributed by atoms with E-state index in [9.17, 15) is 27.9 Å². The van der Waals surface area contributed by atoms with Crippen LogP contribution >= 0.6 is 0 Å². The number of nitrogens with two attached hydrogens (primary N) is 1. The maximum Gasteiger partial charge on any atom is 0.397 e. The number of carbonyl (C=O) groups excluding carboxylic acids is 3. The van der Waals surface area contributed by atoms with Gasteiger partial charge in [-0.25, -0.2) is 8.98 Å². The summed E-state index contributed by atoms with van der Waals surface area (Å²) in [5, 5.41) is 10.00. The Morgan fingerprint density at radius 1 is 0.912 bits per heavy atom. The van der Waals surface area contributed by atoms with Crippen LogP contribution in [0.25, 0.3) is 0 Å². The molecule has 12 heteroatoms. The van der Waals surface area contributed by atoms with Crippen LogP contribution in [0.4, 0.5) is 0 Å². The number of unbranched alkanes of at least 4 members (excludes halogenated alkanes) is 9. The lowest BCUT2D eigenvalue weighted by Crippen LogP contribution is -2.48. The van der Waals surface area contributed by atoms with Crippen LogP contribution in [0.3, 0.4) is 0 Å². The topological polar surface area (TPSA) is 173 Å². The molecule has 0 heterocycles. The van der Waals surface area contributed by atoms with Crippen LogP contribution in [0.1, 0.15) is 71.1 Å². The normalized spacial score (nSPS) is 11.6. The third-order valence-corrected chi connectivity index (χ3v) is 5.07. The van der Waals surface area contributed by atoms with E-state index in [1.165, 1.54) is 44.9 Å². The van der Waals surface area contributed by atoms with E-state index in [1.54, 1.807) is 14.1 Å². The SMILES string of the molecule is CCCCCCCCCCCCOS(=O)(=O)O.C[N+](C)(CCOC(=O)C=CC(=O)[O-])CC(N)=O. The summed E-state index contributed by atoms with van der Waals surface area (Å²) in [6.45, 7) is 2.90. The molecule has 0 spiro atoms. The molecule has 0 aromatic carbocycles. The van der Waals surface area contributed by atoms with E-state index in [0.717, 1.165) is 18.9 Å². The van der Waals surface area contributed by atoms with Gasteiger partial charge in [-0.05, 0) is 12.5 Å². The Balaban J connectivity index is 0. The summed E-state index contributed by atoms with van der Waals surface area (Å²) < 4.78 is 38.0. The molecule has 0 fully saturated rings. The molecule has 0 radical (unpaired) electrons. The number of hydrogen-bond donors (Lipinski definition) is 2. The van der Waals surface area contributed by atoms with Gasteiger partial charge >= 0.3 is 16.4 Å². The highest BCUT2D eigenvalue weighted by Gasteiger charge is 2.18. The molecule has 0 aromatic rings. The highest BCUT2D eigenvalue weighted by Crippen LogP contribution is 2.10. The Kier molecular flexibility index (Phi) is 20.5. The second-order valence-electron chi connectivity index (χ2n) is 8.54. The number of carboxylic acids is 1. The van der Waals surface area contributed by atoms with Crippen molar-refractivity contribution in [1.82, 2.24) is 0 Å². The van der Waals surface area contributed by atoms with Crippen molar-refractivity contribution in [3.8, 4) is 0 Å². The number of aliphatic carboxylic acids is 1. The van der Waals surface area contributed by atoms with E-state index in [1.807, 2.05) is 0 Å². The van der Waals surface area contributed by atoms with E-state index in [2.05, 4.69) is 11.1 Å². The Morgan fingerprint density at radius 3 is 1.85 bits per heavy atom. The minimum absolute atomic E-state index is 0.0660. The molecular weight excluding hydrogens is 468 g/mol. The van der Waals surface area contributed by atoms with Crippen molar-refractivity contribution in [3.05, 3.63) is 12.2 Å². The van der Waals surface area contributed by atoms with Gasteiger partial charge in [0.25, 0.3) is 5.91 Å². The van der Waals surface area contributed by atoms with E-state index < -0.39 is 28.2 Å². The molecule has 0 aliphatic heterocycles. The Labute approximate surface area is 203 Å². The number of nitrogens with zero attached hydrogens (tertiary/aromatic N) is 1. The van der Waals surface area contributed by atoms with E-state index >= 15 is 0 Å². The number of carboxylic acid groups (broad SMARTS) is 1. The molecule has 0 aliphatic rings. The number of likely N-dealkylation sites (N-methyl/N-ethyl adjacent to an activating group) is 1. The fraction of sp³-hybridized carbons (Fsp3) is 0.773. The molecule has 34 heavy (non-hydrogen) atoms. The quantitative estimate of drug-likeness (QED) is 0.0848. The van der Waals surface area contributed by atoms with Crippen molar-refractivity contribution in [2.75, 3.05) is 40.4 Å². The number of hydrogen-bond acceptors (Lipinski definition) is 8. The summed E-state index contributed by atoms with van der Waals surface area (Å²) in [5.74, 6) is -2.68. The van der Waals surface area contributed by atoms with Crippen molar-refractivity contribution >= 4 is 28.2 Å². The first kappa shape index (κ1) is 34.1. The third-order valence-electron chi connectivity index (χ3n) is 4.61. The average Bonchev–Trinajstić information content (AvgIpc) is 2.69. The first-order valence-corrected chi connectivity index (χ1v) is 12.9. The molecule has 0 rings (SSSR count). The zero-order chi connectivity index (χ0) is 26.5. The van der Waals surface area contributed by atoms with Crippen LogP contribution < -0.4 is 10.8 Å². The molecule has 0 saturated carbocycles. The summed E-state index contributed by atoms with van der Waals surface area (Å²) in [4.78, 5) is 31.7. The van der Waals surface area contributed by atoms with Crippen molar-refractivity contribution in [1.29, 1.82) is 0 Å². The first-order chi connectivity index (χ1) is 15.8. The summed E-state index contributed by atoms with van der Waals surface area (Å²) in [5.41, 5.74) is 5.05. The Hall–Kier alpha value is -2.02. The molecule has 3 N–H and O–H groups in total. The van der Waals surface area contributed by atoms with Gasteiger partial charge < -0.3 is 24.9 Å². The smallest absolute Gasteiger partial charge is 0.397 e. The monoisotopic (exact) mass is 510 g/mol. The lowest BCUT2D eigenvalue weighted by Gasteiger charge is -2.27. The predicted octanol–water partition coefficient (Wildman–Crippen LogP) is 1.12. The molecule has 0 aliphatic carbocycles. The highest BCUT2D eigenvalue weighted by molar-refractivity contribution is 7.80. The number of carbonyl (C=O) groups is 3. The Morgan fingerprint density at radius 2 is 1.41 bits per heavy atom. The van der Waals surface area contributed by atoms with Gasteiger partial charge in [-0.1, -0.05) is 64.7 Å². The molecule has 0 unspecified atom stereocenters. The van der Waals surface area contributed by atoms with E-state index in [4.69, 9.17) is 15.0 Å². The third kappa shape index (κ3) is 30.0. The Bertz CT molecular complexity index is 707. The second kappa shape index (κ2) is 20.4. The maximum atomic E-state index is 11.0. The van der Waals surface area contributed by atoms with Crippen LogP contribution in [0.15, 0.2) is 12.2 Å². The van der Waals surface area contributed by atoms with Crippen LogP contribution in [0.2, 0.25) is 0 Å². The molecule has 11 nitrogen and oxygen atoms in total. The van der Waals surface area contributed by atoms with Gasteiger partial charge in [0.05, 0.1) is 26.7 Å². The molecule has 0 bridgehead atoms. The summed E-state index contributed by atoms with van der Waals surface area (Å²) >= 11 is 0. The van der Waals surface area contributed by atoms with Crippen molar-refractivity contribution in [2.45, 2.75) is 71.1 Å². The fourth-order valence-corrected chi connectivity index (χ4v) is 3.16. The molecular formula is C22H42N2O9S. The number of quaternary nitrogens is 1. The van der Waals surface area contributed by atoms with Crippen LogP contribution in [0.5, 0.6) is 0 Å². The van der Waals surface area contributed by atoms with Crippen molar-refractivity contribution in [2.24, 2.45) is 5.73 Å². The van der Waals surface area contributed by atoms with Crippen LogP contribution in [-0.4, -0.2) is 75.7 Å². The number of primary amides is 1. The van der Waals surface area contributed by atoms with Crippen molar-refractivity contribution in [3.63, 3.8) is 0 Å². The number of rotatable bonds is 19. The minimum atomic E-state index is -4.23. The zero-order valence-electron chi connectivity index (χ0n) is 20.7. The zero-order valence-corrected chi connectivity index (χ0v) is 21.5. The fourth-order valence-electron chi connectivity index (χ4n) is 2.83. The number of esters is 1. The highest BCUT2D eigenvalue weighted by atomic mass is 32.3. The standard InChI is InChI=1S/C12H26O4S.C10H16N2O5/c1-2-3-4-5-6-7-8-9-10-11-12-16-17(13,14)15;1-12(2,7-8(11)13)5-6-17-10(16)4-3-9(14)15/h2-12H2,1H3,(H,13,14,15);3-4H,5-7H2,1-2H3,(H2-,11,13,14,15). The second-order valence-corrected chi connectivity index (χ2v) is 9.63. The molecule has 0 atom stereocenters. The maximum absolute atomic E-state index is 11.0. The number of ether oxygens (including phenoxy) is 1. The van der Waals surface area contributed by atoms with Crippen molar-refractivity contribution < 1.29 is 45.9 Å². The van der Waals surface area contributed by atoms with E-state index in [-0.39, 0.29) is 24.2 Å². The molecule has 200 valence electrons. The first-order valence-electron chi connectivity index (χ1n) is 11.6. The molecule has 1 amide bonds. The van der Waals surface area contributed by atoms with Gasteiger partial charge in [0.2, 0.25) is 0 Å². The number of amides is 1. The molecule has 0 aromatic heterocycles. The average molecular weight is 511 g/mol. The van der Waals surface area contributed by atoms with Gasteiger partial charge in [-0.2, -0.15) is 8.42 Å². The van der Waals surface area contributed by atoms with Gasteiger partial charge in [-0.15, -0.1) is 0 Å². The van der Waals surface area contributed by atoms with Crippen LogP contribution in [-0.2, 0) is 33.7 Å².